The molecule has 0 aliphatic carbocycles. The topological polar surface area (TPSA) is 62.3 Å². The van der Waals surface area contributed by atoms with Crippen molar-refractivity contribution in [3.05, 3.63) is 65.5 Å². The maximum atomic E-state index is 12.4. The van der Waals surface area contributed by atoms with E-state index in [1.807, 2.05) is 36.1 Å². The molecule has 0 saturated carbocycles. The summed E-state index contributed by atoms with van der Waals surface area (Å²) < 4.78 is 0. The number of aromatic nitrogens is 1. The maximum absolute atomic E-state index is 12.4. The highest BCUT2D eigenvalue weighted by molar-refractivity contribution is 5.95. The van der Waals surface area contributed by atoms with Crippen molar-refractivity contribution in [1.82, 2.24) is 15.2 Å². The summed E-state index contributed by atoms with van der Waals surface area (Å²) in [5, 5.41) is 3.07. The van der Waals surface area contributed by atoms with Crippen LogP contribution < -0.4 is 5.32 Å². The van der Waals surface area contributed by atoms with Crippen molar-refractivity contribution in [2.24, 2.45) is 0 Å². The number of rotatable bonds is 3. The van der Waals surface area contributed by atoms with E-state index in [1.165, 1.54) is 0 Å². The van der Waals surface area contributed by atoms with Gasteiger partial charge in [-0.05, 0) is 44.0 Å². The van der Waals surface area contributed by atoms with Crippen LogP contribution in [-0.2, 0) is 0 Å². The normalized spacial score (nSPS) is 15.1. The minimum absolute atomic E-state index is 0.0286. The first-order valence-corrected chi connectivity index (χ1v) is 8.20. The molecule has 0 atom stereocenters. The highest BCUT2D eigenvalue weighted by Gasteiger charge is 2.24. The molecule has 1 saturated heterocycles. The number of likely N-dealkylation sites (tertiary alicyclic amines) is 1. The molecular weight excluding hydrogens is 302 g/mol. The van der Waals surface area contributed by atoms with Crippen LogP contribution in [0.5, 0.6) is 0 Å². The van der Waals surface area contributed by atoms with E-state index in [0.29, 0.717) is 24.2 Å². The van der Waals surface area contributed by atoms with E-state index in [0.717, 1.165) is 18.4 Å². The molecule has 1 aliphatic heterocycles. The van der Waals surface area contributed by atoms with Gasteiger partial charge < -0.3 is 10.2 Å². The van der Waals surface area contributed by atoms with Crippen LogP contribution in [0.15, 0.2) is 48.8 Å². The lowest BCUT2D eigenvalue weighted by Gasteiger charge is -2.32. The molecule has 1 fully saturated rings. The summed E-state index contributed by atoms with van der Waals surface area (Å²) in [7, 11) is 0. The van der Waals surface area contributed by atoms with Gasteiger partial charge in [0, 0.05) is 42.7 Å². The number of hydrogen-bond donors (Lipinski definition) is 1. The van der Waals surface area contributed by atoms with Crippen LogP contribution in [0, 0.1) is 6.92 Å². The van der Waals surface area contributed by atoms with E-state index in [4.69, 9.17) is 0 Å². The van der Waals surface area contributed by atoms with E-state index in [9.17, 15) is 9.59 Å². The Bertz CT molecular complexity index is 722. The lowest BCUT2D eigenvalue weighted by molar-refractivity contribution is 0.0698. The molecule has 1 aliphatic rings. The Labute approximate surface area is 141 Å². The molecule has 2 amide bonds. The standard InChI is InChI=1S/C19H21N3O2/c1-14-3-2-4-16(13-14)18(23)21-17-7-11-22(12-8-17)19(24)15-5-9-20-10-6-15/h2-6,9-10,13,17H,7-8,11-12H2,1H3,(H,21,23). The Morgan fingerprint density at radius 2 is 1.79 bits per heavy atom. The molecule has 5 nitrogen and oxygen atoms in total. The highest BCUT2D eigenvalue weighted by atomic mass is 16.2. The molecule has 3 rings (SSSR count). The van der Waals surface area contributed by atoms with Crippen molar-refractivity contribution in [1.29, 1.82) is 0 Å². The summed E-state index contributed by atoms with van der Waals surface area (Å²) in [6.45, 7) is 3.28. The number of nitrogens with one attached hydrogen (secondary N) is 1. The van der Waals surface area contributed by atoms with Gasteiger partial charge in [-0.25, -0.2) is 0 Å². The van der Waals surface area contributed by atoms with Gasteiger partial charge in [0.2, 0.25) is 0 Å². The lowest BCUT2D eigenvalue weighted by atomic mass is 10.0. The molecule has 124 valence electrons. The monoisotopic (exact) mass is 323 g/mol. The van der Waals surface area contributed by atoms with Gasteiger partial charge in [-0.3, -0.25) is 14.6 Å². The number of pyridine rings is 1. The van der Waals surface area contributed by atoms with Crippen molar-refractivity contribution in [3.63, 3.8) is 0 Å². The third kappa shape index (κ3) is 3.79. The van der Waals surface area contributed by atoms with Crippen LogP contribution in [0.4, 0.5) is 0 Å². The number of piperidine rings is 1. The summed E-state index contributed by atoms with van der Waals surface area (Å²) >= 11 is 0. The fourth-order valence-electron chi connectivity index (χ4n) is 2.96. The summed E-state index contributed by atoms with van der Waals surface area (Å²) in [5.41, 5.74) is 2.41. The zero-order valence-corrected chi connectivity index (χ0v) is 13.7. The number of nitrogens with zero attached hydrogens (tertiary/aromatic N) is 2. The number of benzene rings is 1. The molecule has 2 aromatic rings. The lowest BCUT2D eigenvalue weighted by Crippen LogP contribution is -2.46. The molecule has 1 aromatic carbocycles. The van der Waals surface area contributed by atoms with Gasteiger partial charge in [0.05, 0.1) is 0 Å². The SMILES string of the molecule is Cc1cccc(C(=O)NC2CCN(C(=O)c3ccncc3)CC2)c1. The van der Waals surface area contributed by atoms with Gasteiger partial charge in [-0.15, -0.1) is 0 Å². The van der Waals surface area contributed by atoms with Gasteiger partial charge in [-0.1, -0.05) is 17.7 Å². The molecule has 1 aromatic heterocycles. The van der Waals surface area contributed by atoms with Crippen molar-refractivity contribution in [2.45, 2.75) is 25.8 Å². The molecule has 24 heavy (non-hydrogen) atoms. The summed E-state index contributed by atoms with van der Waals surface area (Å²) in [6, 6.07) is 11.1. The number of carbonyl (C=O) groups excluding carboxylic acids is 2. The average Bonchev–Trinajstić information content (AvgIpc) is 2.62. The first-order valence-electron chi connectivity index (χ1n) is 8.20. The zero-order chi connectivity index (χ0) is 16.9. The number of amides is 2. The van der Waals surface area contributed by atoms with Crippen LogP contribution in [0.2, 0.25) is 0 Å². The minimum atomic E-state index is -0.0439. The zero-order valence-electron chi connectivity index (χ0n) is 13.7. The third-order valence-electron chi connectivity index (χ3n) is 4.32. The maximum Gasteiger partial charge on any atom is 0.253 e. The Morgan fingerprint density at radius 3 is 2.46 bits per heavy atom. The van der Waals surface area contributed by atoms with Gasteiger partial charge in [0.1, 0.15) is 0 Å². The fraction of sp³-hybridized carbons (Fsp3) is 0.316. The van der Waals surface area contributed by atoms with Crippen molar-refractivity contribution in [3.8, 4) is 0 Å². The Hall–Kier alpha value is -2.69. The predicted molar refractivity (Wildman–Crippen MR) is 91.8 cm³/mol. The van der Waals surface area contributed by atoms with E-state index in [1.54, 1.807) is 24.5 Å². The molecule has 2 heterocycles. The van der Waals surface area contributed by atoms with Crippen LogP contribution in [0.1, 0.15) is 39.1 Å². The summed E-state index contributed by atoms with van der Waals surface area (Å²) in [6.07, 6.45) is 4.80. The van der Waals surface area contributed by atoms with Crippen molar-refractivity contribution >= 4 is 11.8 Å². The highest BCUT2D eigenvalue weighted by Crippen LogP contribution is 2.14. The fourth-order valence-corrected chi connectivity index (χ4v) is 2.96. The molecule has 0 radical (unpaired) electrons. The van der Waals surface area contributed by atoms with Crippen molar-refractivity contribution in [2.75, 3.05) is 13.1 Å². The first-order chi connectivity index (χ1) is 11.6. The van der Waals surface area contributed by atoms with Crippen LogP contribution in [0.3, 0.4) is 0 Å². The number of aryl methyl sites for hydroxylation is 1. The minimum Gasteiger partial charge on any atom is -0.349 e. The summed E-state index contributed by atoms with van der Waals surface area (Å²) in [4.78, 5) is 30.5. The third-order valence-corrected chi connectivity index (χ3v) is 4.32. The van der Waals surface area contributed by atoms with Gasteiger partial charge in [0.25, 0.3) is 11.8 Å². The molecule has 0 unspecified atom stereocenters. The predicted octanol–water partition coefficient (Wildman–Crippen LogP) is 2.42. The Balaban J connectivity index is 1.54. The second kappa shape index (κ2) is 7.25. The van der Waals surface area contributed by atoms with Crippen LogP contribution in [-0.4, -0.2) is 40.8 Å². The molecule has 5 heteroatoms. The molecule has 1 N–H and O–H groups in total. The van der Waals surface area contributed by atoms with Gasteiger partial charge in [-0.2, -0.15) is 0 Å². The van der Waals surface area contributed by atoms with Crippen molar-refractivity contribution < 1.29 is 9.59 Å². The smallest absolute Gasteiger partial charge is 0.253 e. The Morgan fingerprint density at radius 1 is 1.08 bits per heavy atom. The van der Waals surface area contributed by atoms with Crippen LogP contribution >= 0.6 is 0 Å². The molecule has 0 bridgehead atoms. The first kappa shape index (κ1) is 16.2. The number of carbonyl (C=O) groups is 2. The summed E-state index contributed by atoms with van der Waals surface area (Å²) in [5.74, 6) is -0.0153. The van der Waals surface area contributed by atoms with Crippen LogP contribution in [0.25, 0.3) is 0 Å². The molecule has 0 spiro atoms. The van der Waals surface area contributed by atoms with E-state index in [2.05, 4.69) is 10.3 Å². The largest absolute Gasteiger partial charge is 0.349 e. The number of hydrogen-bond acceptors (Lipinski definition) is 3. The quantitative estimate of drug-likeness (QED) is 0.943. The molecular formula is C19H21N3O2. The Kier molecular flexibility index (Phi) is 4.89. The van der Waals surface area contributed by atoms with E-state index < -0.39 is 0 Å². The second-order valence-corrected chi connectivity index (χ2v) is 6.15. The van der Waals surface area contributed by atoms with E-state index >= 15 is 0 Å². The second-order valence-electron chi connectivity index (χ2n) is 6.15. The van der Waals surface area contributed by atoms with Gasteiger partial charge >= 0.3 is 0 Å². The van der Waals surface area contributed by atoms with Gasteiger partial charge in [0.15, 0.2) is 0 Å². The average molecular weight is 323 g/mol. The van der Waals surface area contributed by atoms with E-state index in [-0.39, 0.29) is 17.9 Å².